The zero-order valence-electron chi connectivity index (χ0n) is 20.8. The van der Waals surface area contributed by atoms with Crippen molar-refractivity contribution in [2.75, 3.05) is 29.3 Å². The molecule has 11 heteroatoms. The number of thiophene rings is 1. The van der Waals surface area contributed by atoms with E-state index in [1.54, 1.807) is 11.8 Å². The van der Waals surface area contributed by atoms with E-state index in [1.165, 1.54) is 39.9 Å². The van der Waals surface area contributed by atoms with Crippen LogP contribution in [-0.4, -0.2) is 45.0 Å². The molecule has 0 radical (unpaired) electrons. The summed E-state index contributed by atoms with van der Waals surface area (Å²) < 4.78 is 33.3. The lowest BCUT2D eigenvalue weighted by Crippen LogP contribution is -2.35. The van der Waals surface area contributed by atoms with Crippen LogP contribution < -0.4 is 9.62 Å². The highest BCUT2D eigenvalue weighted by molar-refractivity contribution is 7.92. The third-order valence-electron chi connectivity index (χ3n) is 6.69. The summed E-state index contributed by atoms with van der Waals surface area (Å²) in [4.78, 5) is 27.7. The van der Waals surface area contributed by atoms with E-state index in [-0.39, 0.29) is 17.1 Å². The van der Waals surface area contributed by atoms with Crippen LogP contribution in [0.2, 0.25) is 0 Å². The third-order valence-corrected chi connectivity index (χ3v) is 9.65. The fraction of sp³-hybridized carbons (Fsp3) is 0.296. The zero-order valence-corrected chi connectivity index (χ0v) is 22.4. The first-order valence-electron chi connectivity index (χ1n) is 12.3. The molecule has 2 aliphatic rings. The lowest BCUT2D eigenvalue weighted by Gasteiger charge is -2.30. The van der Waals surface area contributed by atoms with Crippen molar-refractivity contribution in [3.05, 3.63) is 75.7 Å². The smallest absolute Gasteiger partial charge is 0.410 e. The molecule has 0 bridgehead atoms. The molecule has 3 aromatic rings. The van der Waals surface area contributed by atoms with Crippen LogP contribution in [0, 0.1) is 11.3 Å². The first kappa shape index (κ1) is 25.8. The predicted molar refractivity (Wildman–Crippen MR) is 144 cm³/mol. The molecule has 9 nitrogen and oxygen atoms in total. The number of para-hydroxylation sites is 1. The maximum absolute atomic E-state index is 13.4. The minimum absolute atomic E-state index is 0.106. The van der Waals surface area contributed by atoms with Gasteiger partial charge in [-0.15, -0.1) is 11.3 Å². The topological polar surface area (TPSA) is 120 Å². The Morgan fingerprint density at radius 1 is 1.11 bits per heavy atom. The van der Waals surface area contributed by atoms with Gasteiger partial charge in [0.25, 0.3) is 15.9 Å². The lowest BCUT2D eigenvalue weighted by molar-refractivity contribution is 0.102. The van der Waals surface area contributed by atoms with Gasteiger partial charge in [0.15, 0.2) is 0 Å². The van der Waals surface area contributed by atoms with Crippen molar-refractivity contribution in [3.63, 3.8) is 0 Å². The van der Waals surface area contributed by atoms with Crippen LogP contribution in [0.3, 0.4) is 0 Å². The van der Waals surface area contributed by atoms with E-state index >= 15 is 0 Å². The first-order valence-corrected chi connectivity index (χ1v) is 14.6. The highest BCUT2D eigenvalue weighted by atomic mass is 32.2. The van der Waals surface area contributed by atoms with Crippen molar-refractivity contribution in [1.82, 2.24) is 4.90 Å². The quantitative estimate of drug-likeness (QED) is 0.499. The van der Waals surface area contributed by atoms with Crippen LogP contribution in [0.5, 0.6) is 0 Å². The zero-order chi connectivity index (χ0) is 26.9. The molecule has 196 valence electrons. The molecule has 1 aromatic heterocycles. The van der Waals surface area contributed by atoms with E-state index in [0.717, 1.165) is 28.8 Å². The first-order chi connectivity index (χ1) is 18.3. The Balaban J connectivity index is 1.33. The van der Waals surface area contributed by atoms with E-state index < -0.39 is 22.0 Å². The number of ether oxygens (including phenoxy) is 1. The molecule has 0 unspecified atom stereocenters. The Morgan fingerprint density at radius 3 is 2.61 bits per heavy atom. The predicted octanol–water partition coefficient (Wildman–Crippen LogP) is 4.53. The van der Waals surface area contributed by atoms with E-state index in [0.29, 0.717) is 42.3 Å². The van der Waals surface area contributed by atoms with Gasteiger partial charge in [0, 0.05) is 23.5 Å². The average Bonchev–Trinajstić information content (AvgIpc) is 3.28. The molecule has 0 fully saturated rings. The van der Waals surface area contributed by atoms with Gasteiger partial charge in [0.2, 0.25) is 0 Å². The number of aryl methyl sites for hydroxylation is 1. The Bertz CT molecular complexity index is 1540. The van der Waals surface area contributed by atoms with Crippen molar-refractivity contribution in [1.29, 1.82) is 5.26 Å². The van der Waals surface area contributed by atoms with Gasteiger partial charge in [-0.25, -0.2) is 13.2 Å². The summed E-state index contributed by atoms with van der Waals surface area (Å²) in [6.07, 6.45) is 1.66. The minimum Gasteiger partial charge on any atom is -0.450 e. The van der Waals surface area contributed by atoms with Gasteiger partial charge in [-0.3, -0.25) is 9.10 Å². The number of carbonyl (C=O) groups is 2. The number of nitrogens with zero attached hydrogens (tertiary/aromatic N) is 3. The van der Waals surface area contributed by atoms with Crippen molar-refractivity contribution in [3.8, 4) is 6.07 Å². The van der Waals surface area contributed by atoms with E-state index in [9.17, 15) is 23.3 Å². The van der Waals surface area contributed by atoms with Gasteiger partial charge < -0.3 is 15.0 Å². The number of nitriles is 1. The molecule has 0 saturated heterocycles. The summed E-state index contributed by atoms with van der Waals surface area (Å²) in [5, 5.41) is 13.0. The standard InChI is InChI=1S/C27H26N4O5S2/c1-2-36-27(33)30-15-13-21-22(16-28)26(37-24(21)17-30)29-25(32)19-9-11-20(12-10-19)38(34,35)31-14-5-7-18-6-3-4-8-23(18)31/h3-4,6,8-12H,2,5,7,13-15,17H2,1H3,(H,29,32). The highest BCUT2D eigenvalue weighted by Gasteiger charge is 2.30. The Hall–Kier alpha value is -3.88. The second kappa shape index (κ2) is 10.5. The molecule has 2 aliphatic heterocycles. The summed E-state index contributed by atoms with van der Waals surface area (Å²) in [6, 6.07) is 15.5. The van der Waals surface area contributed by atoms with Gasteiger partial charge in [-0.1, -0.05) is 18.2 Å². The summed E-state index contributed by atoms with van der Waals surface area (Å²) >= 11 is 1.26. The van der Waals surface area contributed by atoms with Gasteiger partial charge in [-0.2, -0.15) is 5.26 Å². The van der Waals surface area contributed by atoms with Crippen LogP contribution in [0.1, 0.15) is 45.3 Å². The highest BCUT2D eigenvalue weighted by Crippen LogP contribution is 2.37. The fourth-order valence-electron chi connectivity index (χ4n) is 4.81. The maximum atomic E-state index is 13.4. The Labute approximate surface area is 225 Å². The van der Waals surface area contributed by atoms with Crippen LogP contribution in [0.4, 0.5) is 15.5 Å². The molecule has 0 aliphatic carbocycles. The number of hydrogen-bond donors (Lipinski definition) is 1. The average molecular weight is 551 g/mol. The summed E-state index contributed by atoms with van der Waals surface area (Å²) in [7, 11) is -3.79. The molecule has 38 heavy (non-hydrogen) atoms. The Morgan fingerprint density at radius 2 is 1.87 bits per heavy atom. The SMILES string of the molecule is CCOC(=O)N1CCc2c(sc(NC(=O)c3ccc(S(=O)(=O)N4CCCc5ccccc54)cc3)c2C#N)C1. The van der Waals surface area contributed by atoms with E-state index in [1.807, 2.05) is 24.3 Å². The van der Waals surface area contributed by atoms with Crippen LogP contribution in [-0.2, 0) is 34.1 Å². The number of nitrogens with one attached hydrogen (secondary N) is 1. The van der Waals surface area contributed by atoms with Crippen molar-refractivity contribution in [2.24, 2.45) is 0 Å². The van der Waals surface area contributed by atoms with Gasteiger partial charge in [0.05, 0.1) is 29.3 Å². The van der Waals surface area contributed by atoms with Gasteiger partial charge in [0.1, 0.15) is 11.1 Å². The summed E-state index contributed by atoms with van der Waals surface area (Å²) in [5.41, 5.74) is 3.18. The number of amides is 2. The van der Waals surface area contributed by atoms with Crippen LogP contribution >= 0.6 is 11.3 Å². The van der Waals surface area contributed by atoms with Crippen LogP contribution in [0.15, 0.2) is 53.4 Å². The number of anilines is 2. The minimum atomic E-state index is -3.79. The van der Waals surface area contributed by atoms with Crippen molar-refractivity contribution < 1.29 is 22.7 Å². The number of hydrogen-bond acceptors (Lipinski definition) is 7. The maximum Gasteiger partial charge on any atom is 0.410 e. The summed E-state index contributed by atoms with van der Waals surface area (Å²) in [5.74, 6) is -0.449. The molecule has 3 heterocycles. The molecule has 0 atom stereocenters. The fourth-order valence-corrected chi connectivity index (χ4v) is 7.56. The molecule has 0 saturated carbocycles. The Kier molecular flexibility index (Phi) is 7.10. The molecule has 1 N–H and O–H groups in total. The number of fused-ring (bicyclic) bond motifs is 2. The van der Waals surface area contributed by atoms with Gasteiger partial charge >= 0.3 is 6.09 Å². The normalized spacial score (nSPS) is 14.7. The molecule has 2 aromatic carbocycles. The molecule has 0 spiro atoms. The van der Waals surface area contributed by atoms with E-state index in [2.05, 4.69) is 11.4 Å². The lowest BCUT2D eigenvalue weighted by atomic mass is 10.0. The monoisotopic (exact) mass is 550 g/mol. The second-order valence-electron chi connectivity index (χ2n) is 8.98. The molecule has 2 amide bonds. The van der Waals surface area contributed by atoms with Crippen molar-refractivity contribution >= 4 is 44.0 Å². The molecule has 5 rings (SSSR count). The van der Waals surface area contributed by atoms with Gasteiger partial charge in [-0.05, 0) is 67.6 Å². The second-order valence-corrected chi connectivity index (χ2v) is 11.9. The number of carbonyl (C=O) groups excluding carboxylic acids is 2. The van der Waals surface area contributed by atoms with Crippen LogP contribution in [0.25, 0.3) is 0 Å². The molecular formula is C27H26N4O5S2. The number of benzene rings is 2. The van der Waals surface area contributed by atoms with E-state index in [4.69, 9.17) is 4.74 Å². The van der Waals surface area contributed by atoms with Crippen molar-refractivity contribution in [2.45, 2.75) is 37.6 Å². The number of sulfonamides is 1. The number of rotatable bonds is 5. The molecular weight excluding hydrogens is 524 g/mol. The third kappa shape index (κ3) is 4.73. The summed E-state index contributed by atoms with van der Waals surface area (Å²) in [6.45, 7) is 3.17. The largest absolute Gasteiger partial charge is 0.450 e.